The van der Waals surface area contributed by atoms with Gasteiger partial charge in [-0.1, -0.05) is 218 Å². The van der Waals surface area contributed by atoms with Crippen molar-refractivity contribution >= 4 is 38.9 Å². The molecule has 2 nitrogen and oxygen atoms in total. The summed E-state index contributed by atoms with van der Waals surface area (Å²) < 4.78 is 2.52. The number of nitrogens with zero attached hydrogens (tertiary/aromatic N) is 2. The molecule has 0 fully saturated rings. The van der Waals surface area contributed by atoms with Gasteiger partial charge in [-0.2, -0.15) is 0 Å². The lowest BCUT2D eigenvalue weighted by Crippen LogP contribution is -2.33. The summed E-state index contributed by atoms with van der Waals surface area (Å²) in [6.45, 7) is 0. The van der Waals surface area contributed by atoms with Crippen LogP contribution in [0.4, 0.5) is 17.1 Å². The average Bonchev–Trinajstić information content (AvgIpc) is 3.92. The molecule has 14 rings (SSSR count). The van der Waals surface area contributed by atoms with Crippen LogP contribution in [0.2, 0.25) is 0 Å². The second kappa shape index (κ2) is 15.6. The summed E-state index contributed by atoms with van der Waals surface area (Å²) in [6.07, 6.45) is 0. The van der Waals surface area contributed by atoms with Crippen LogP contribution in [0, 0.1) is 0 Å². The second-order valence-corrected chi connectivity index (χ2v) is 18.4. The first kappa shape index (κ1) is 39.2. The van der Waals surface area contributed by atoms with Crippen molar-refractivity contribution in [2.75, 3.05) is 4.90 Å². The highest BCUT2D eigenvalue weighted by molar-refractivity contribution is 6.13. The smallest absolute Gasteiger partial charge is 0.0754 e. The number of anilines is 3. The van der Waals surface area contributed by atoms with Crippen LogP contribution in [-0.2, 0) is 5.41 Å². The van der Waals surface area contributed by atoms with Crippen molar-refractivity contribution in [1.29, 1.82) is 0 Å². The van der Waals surface area contributed by atoms with Gasteiger partial charge in [-0.25, -0.2) is 0 Å². The lowest BCUT2D eigenvalue weighted by molar-refractivity contribution is 0.749. The first-order valence-corrected chi connectivity index (χ1v) is 23.9. The SMILES string of the molecule is c1ccc(-c2cccc(N(c3cccc(-c4ccc5c(c4)C4(c6ccccc6-5)c5ccccc5-n5c6ccccc6c6cccc4c65)c3)c3ccccc3-c3ccccc3-c3ccccc3)c2)cc1. The second-order valence-electron chi connectivity index (χ2n) is 18.4. The molecule has 0 saturated heterocycles. The van der Waals surface area contributed by atoms with E-state index in [-0.39, 0.29) is 0 Å². The summed E-state index contributed by atoms with van der Waals surface area (Å²) in [6, 6.07) is 98.6. The van der Waals surface area contributed by atoms with Crippen LogP contribution >= 0.6 is 0 Å². The monoisotopic (exact) mass is 876 g/mol. The lowest BCUT2D eigenvalue weighted by atomic mass is 9.65. The molecular formula is C67H44N2. The highest BCUT2D eigenvalue weighted by Crippen LogP contribution is 2.61. The van der Waals surface area contributed by atoms with Crippen molar-refractivity contribution < 1.29 is 0 Å². The molecule has 1 aromatic heterocycles. The highest BCUT2D eigenvalue weighted by Gasteiger charge is 2.50. The summed E-state index contributed by atoms with van der Waals surface area (Å²) >= 11 is 0. The van der Waals surface area contributed by atoms with Crippen LogP contribution in [0.25, 0.3) is 83.1 Å². The average molecular weight is 877 g/mol. The summed E-state index contributed by atoms with van der Waals surface area (Å²) in [5.74, 6) is 0. The Balaban J connectivity index is 0.985. The summed E-state index contributed by atoms with van der Waals surface area (Å²) in [5.41, 5.74) is 23.8. The van der Waals surface area contributed by atoms with Crippen molar-refractivity contribution in [3.8, 4) is 61.3 Å². The van der Waals surface area contributed by atoms with Gasteiger partial charge in [0.1, 0.15) is 0 Å². The van der Waals surface area contributed by atoms with E-state index in [1.165, 1.54) is 94.3 Å². The molecule has 0 radical (unpaired) electrons. The zero-order valence-electron chi connectivity index (χ0n) is 37.8. The van der Waals surface area contributed by atoms with Gasteiger partial charge in [0, 0.05) is 27.7 Å². The number of hydrogen-bond donors (Lipinski definition) is 0. The van der Waals surface area contributed by atoms with Crippen molar-refractivity contribution in [3.63, 3.8) is 0 Å². The number of para-hydroxylation sites is 4. The number of hydrogen-bond acceptors (Lipinski definition) is 1. The largest absolute Gasteiger partial charge is 0.310 e. The van der Waals surface area contributed by atoms with Crippen LogP contribution < -0.4 is 4.90 Å². The van der Waals surface area contributed by atoms with Gasteiger partial charge in [0.05, 0.1) is 27.8 Å². The Labute approximate surface area is 402 Å². The molecule has 2 aliphatic rings. The highest BCUT2D eigenvalue weighted by atomic mass is 15.1. The predicted octanol–water partition coefficient (Wildman–Crippen LogP) is 17.6. The van der Waals surface area contributed by atoms with Gasteiger partial charge in [-0.15, -0.1) is 0 Å². The van der Waals surface area contributed by atoms with E-state index in [2.05, 4.69) is 276 Å². The molecule has 1 unspecified atom stereocenters. The van der Waals surface area contributed by atoms with Crippen LogP contribution in [0.15, 0.2) is 267 Å². The molecule has 2 heterocycles. The van der Waals surface area contributed by atoms with Crippen LogP contribution in [-0.4, -0.2) is 4.57 Å². The third kappa shape index (κ3) is 5.86. The van der Waals surface area contributed by atoms with Gasteiger partial charge < -0.3 is 9.47 Å². The van der Waals surface area contributed by atoms with E-state index in [1.54, 1.807) is 0 Å². The van der Waals surface area contributed by atoms with Gasteiger partial charge >= 0.3 is 0 Å². The van der Waals surface area contributed by atoms with Crippen molar-refractivity contribution in [3.05, 3.63) is 289 Å². The summed E-state index contributed by atoms with van der Waals surface area (Å²) in [7, 11) is 0. The molecule has 12 aromatic rings. The van der Waals surface area contributed by atoms with E-state index in [4.69, 9.17) is 0 Å². The van der Waals surface area contributed by atoms with Crippen LogP contribution in [0.3, 0.4) is 0 Å². The molecule has 1 spiro atoms. The maximum atomic E-state index is 2.52. The minimum Gasteiger partial charge on any atom is -0.310 e. The van der Waals surface area contributed by atoms with E-state index < -0.39 is 5.41 Å². The number of benzene rings is 11. The number of aromatic nitrogens is 1. The first-order valence-electron chi connectivity index (χ1n) is 23.9. The Bertz CT molecular complexity index is 3970. The van der Waals surface area contributed by atoms with Crippen LogP contribution in [0.1, 0.15) is 22.3 Å². The quantitative estimate of drug-likeness (QED) is 0.155. The fraction of sp³-hybridized carbons (Fsp3) is 0.0149. The van der Waals surface area contributed by atoms with Gasteiger partial charge in [-0.05, 0) is 121 Å². The van der Waals surface area contributed by atoms with Gasteiger partial charge in [-0.3, -0.25) is 0 Å². The third-order valence-electron chi connectivity index (χ3n) is 14.8. The molecule has 322 valence electrons. The number of fused-ring (bicyclic) bond motifs is 12. The van der Waals surface area contributed by atoms with E-state index in [1.807, 2.05) is 0 Å². The molecule has 1 aliphatic carbocycles. The first-order chi connectivity index (χ1) is 34.3. The van der Waals surface area contributed by atoms with Crippen molar-refractivity contribution in [1.82, 2.24) is 4.57 Å². The molecule has 69 heavy (non-hydrogen) atoms. The zero-order valence-corrected chi connectivity index (χ0v) is 37.8. The van der Waals surface area contributed by atoms with Gasteiger partial charge in [0.25, 0.3) is 0 Å². The molecule has 0 amide bonds. The van der Waals surface area contributed by atoms with Crippen molar-refractivity contribution in [2.24, 2.45) is 0 Å². The minimum absolute atomic E-state index is 0.533. The van der Waals surface area contributed by atoms with E-state index in [0.29, 0.717) is 0 Å². The van der Waals surface area contributed by atoms with Gasteiger partial charge in [0.15, 0.2) is 0 Å². The van der Waals surface area contributed by atoms with Crippen molar-refractivity contribution in [2.45, 2.75) is 5.41 Å². The maximum absolute atomic E-state index is 2.52. The van der Waals surface area contributed by atoms with E-state index >= 15 is 0 Å². The molecule has 11 aromatic carbocycles. The predicted molar refractivity (Wildman–Crippen MR) is 288 cm³/mol. The molecule has 0 saturated carbocycles. The molecule has 1 atom stereocenters. The third-order valence-corrected chi connectivity index (χ3v) is 14.8. The molecule has 1 aliphatic heterocycles. The maximum Gasteiger partial charge on any atom is 0.0754 e. The zero-order chi connectivity index (χ0) is 45.5. The Kier molecular flexibility index (Phi) is 8.84. The Morgan fingerprint density at radius 3 is 1.59 bits per heavy atom. The summed E-state index contributed by atoms with van der Waals surface area (Å²) in [4.78, 5) is 2.45. The van der Waals surface area contributed by atoms with Gasteiger partial charge in [0.2, 0.25) is 0 Å². The fourth-order valence-corrected chi connectivity index (χ4v) is 11.9. The fourth-order valence-electron chi connectivity index (χ4n) is 11.9. The minimum atomic E-state index is -0.533. The molecular weight excluding hydrogens is 833 g/mol. The lowest BCUT2D eigenvalue weighted by Gasteiger charge is -2.39. The summed E-state index contributed by atoms with van der Waals surface area (Å²) in [5, 5.41) is 2.57. The molecule has 2 heteroatoms. The van der Waals surface area contributed by atoms with E-state index in [9.17, 15) is 0 Å². The Morgan fingerprint density at radius 2 is 0.812 bits per heavy atom. The topological polar surface area (TPSA) is 8.17 Å². The Morgan fingerprint density at radius 1 is 0.290 bits per heavy atom. The molecule has 0 bridgehead atoms. The normalized spacial score (nSPS) is 14.1. The van der Waals surface area contributed by atoms with E-state index in [0.717, 1.165) is 28.2 Å². The number of rotatable bonds is 7. The standard InChI is InChI=1S/C67H44N2/c1-3-20-45(21-4-1)47-24-17-26-50(42-47)68(63-37-14-10-31-56(63)53-29-8-7-28-52(53)46-22-5-2-6-23-46)51-27-18-25-48(43-51)49-40-41-55-54-30-9-12-34-59(54)67(62(55)44-49)60-35-13-16-39-65(60)69-64-38-15-11-32-57(64)58-33-19-36-61(67)66(58)69/h1-44H. The Hall–Kier alpha value is -8.98. The molecule has 0 N–H and O–H groups in total. The van der Waals surface area contributed by atoms with Crippen LogP contribution in [0.5, 0.6) is 0 Å².